The van der Waals surface area contributed by atoms with E-state index in [1.54, 1.807) is 0 Å². The number of para-hydroxylation sites is 1. The number of hydrogen-bond acceptors (Lipinski definition) is 8. The van der Waals surface area contributed by atoms with Crippen LogP contribution in [0.1, 0.15) is 6.42 Å². The molecular weight excluding hydrogens is 384 g/mol. The maximum absolute atomic E-state index is 11.7. The van der Waals surface area contributed by atoms with Crippen LogP contribution >= 0.6 is 23.1 Å². The van der Waals surface area contributed by atoms with Gasteiger partial charge in [-0.3, -0.25) is 9.59 Å². The summed E-state index contributed by atoms with van der Waals surface area (Å²) in [5.41, 5.74) is 0.884. The molecule has 0 aliphatic carbocycles. The molecule has 0 saturated carbocycles. The van der Waals surface area contributed by atoms with Crippen molar-refractivity contribution in [2.75, 3.05) is 23.9 Å². The van der Waals surface area contributed by atoms with Gasteiger partial charge in [0, 0.05) is 6.04 Å². The number of rotatable bonds is 6. The number of benzene rings is 1. The minimum absolute atomic E-state index is 0.0554. The highest BCUT2D eigenvalue weighted by Crippen LogP contribution is 2.29. The molecule has 1 aromatic carbocycles. The van der Waals surface area contributed by atoms with E-state index in [0.717, 1.165) is 14.6 Å². The van der Waals surface area contributed by atoms with Crippen molar-refractivity contribution in [2.24, 2.45) is 0 Å². The summed E-state index contributed by atoms with van der Waals surface area (Å²) >= 11 is 2.75. The van der Waals surface area contributed by atoms with Gasteiger partial charge in [-0.2, -0.15) is 0 Å². The van der Waals surface area contributed by atoms with E-state index >= 15 is 0 Å². The molecule has 134 valence electrons. The number of thioether (sulfide) groups is 1. The van der Waals surface area contributed by atoms with Gasteiger partial charge in [-0.1, -0.05) is 23.9 Å². The topological polar surface area (TPSA) is 102 Å². The molecule has 1 fully saturated rings. The van der Waals surface area contributed by atoms with Crippen molar-refractivity contribution in [3.8, 4) is 0 Å². The first-order valence-electron chi connectivity index (χ1n) is 7.55. The summed E-state index contributed by atoms with van der Waals surface area (Å²) in [5.74, 6) is -0.916. The molecule has 0 unspecified atom stereocenters. The Balaban J connectivity index is 1.39. The number of carbonyl (C=O) groups excluding carboxylic acids is 2. The highest BCUT2D eigenvalue weighted by atomic mass is 32.2. The van der Waals surface area contributed by atoms with Gasteiger partial charge in [0.25, 0.3) is 5.91 Å². The van der Waals surface area contributed by atoms with Gasteiger partial charge in [0.1, 0.15) is 0 Å². The van der Waals surface area contributed by atoms with Crippen LogP contribution in [-0.2, 0) is 24.2 Å². The highest BCUT2D eigenvalue weighted by molar-refractivity contribution is 8.01. The van der Waals surface area contributed by atoms with Crippen molar-refractivity contribution in [1.82, 2.24) is 10.3 Å². The molecule has 2 aromatic rings. The fraction of sp³-hybridized carbons (Fsp3) is 0.400. The molecule has 25 heavy (non-hydrogen) atoms. The average molecular weight is 401 g/mol. The largest absolute Gasteiger partial charge is 0.455 e. The Morgan fingerprint density at radius 2 is 2.16 bits per heavy atom. The summed E-state index contributed by atoms with van der Waals surface area (Å²) in [6.45, 7) is -0.407. The zero-order valence-electron chi connectivity index (χ0n) is 13.1. The second-order valence-corrected chi connectivity index (χ2v) is 10.0. The number of nitrogens with zero attached hydrogens (tertiary/aromatic N) is 1. The van der Waals surface area contributed by atoms with Gasteiger partial charge in [0.15, 0.2) is 20.8 Å². The molecular formula is C15H16N2O5S3. The van der Waals surface area contributed by atoms with Gasteiger partial charge in [-0.15, -0.1) is 11.3 Å². The van der Waals surface area contributed by atoms with Crippen molar-refractivity contribution < 1.29 is 22.7 Å². The van der Waals surface area contributed by atoms with Crippen molar-refractivity contribution >= 4 is 55.0 Å². The number of hydrogen-bond donors (Lipinski definition) is 1. The number of nitrogens with one attached hydrogen (secondary N) is 1. The lowest BCUT2D eigenvalue weighted by Gasteiger charge is -2.10. The standard InChI is InChI=1S/C15H16N2O5S3/c18-13(16-10-5-6-25(20,21)9-10)7-22-14(19)8-23-15-17-11-3-1-2-4-12(11)24-15/h1-4,10H,5-9H2,(H,16,18)/t10-/m1/s1. The summed E-state index contributed by atoms with van der Waals surface area (Å²) in [4.78, 5) is 27.8. The minimum Gasteiger partial charge on any atom is -0.455 e. The SMILES string of the molecule is O=C(COC(=O)CSc1nc2ccccc2s1)N[C@@H]1CCS(=O)(=O)C1. The van der Waals surface area contributed by atoms with Gasteiger partial charge in [-0.25, -0.2) is 13.4 Å². The highest BCUT2D eigenvalue weighted by Gasteiger charge is 2.29. The molecule has 1 amide bonds. The van der Waals surface area contributed by atoms with Crippen LogP contribution in [0, 0.1) is 0 Å². The van der Waals surface area contributed by atoms with E-state index in [9.17, 15) is 18.0 Å². The summed E-state index contributed by atoms with van der Waals surface area (Å²) in [6.07, 6.45) is 0.398. The summed E-state index contributed by atoms with van der Waals surface area (Å²) in [6, 6.07) is 7.30. The lowest BCUT2D eigenvalue weighted by molar-refractivity contribution is -0.146. The summed E-state index contributed by atoms with van der Waals surface area (Å²) < 4.78 is 29.4. The molecule has 1 aliphatic rings. The van der Waals surface area contributed by atoms with E-state index < -0.39 is 34.4 Å². The normalized spacial score (nSPS) is 19.0. The Labute approximate surface area is 153 Å². The molecule has 3 rings (SSSR count). The van der Waals surface area contributed by atoms with Crippen LogP contribution in [0.15, 0.2) is 28.6 Å². The Bertz CT molecular complexity index is 860. The first kappa shape index (κ1) is 18.2. The lowest BCUT2D eigenvalue weighted by Crippen LogP contribution is -2.38. The molecule has 0 radical (unpaired) electrons. The zero-order valence-corrected chi connectivity index (χ0v) is 15.6. The van der Waals surface area contributed by atoms with E-state index in [0.29, 0.717) is 6.42 Å². The molecule has 10 heteroatoms. The Kier molecular flexibility index (Phi) is 5.60. The van der Waals surface area contributed by atoms with Crippen LogP contribution in [0.5, 0.6) is 0 Å². The van der Waals surface area contributed by atoms with Crippen LogP contribution in [0.25, 0.3) is 10.2 Å². The minimum atomic E-state index is -3.05. The third kappa shape index (κ3) is 5.16. The fourth-order valence-corrected chi connectivity index (χ4v) is 5.94. The van der Waals surface area contributed by atoms with Crippen molar-refractivity contribution in [3.05, 3.63) is 24.3 Å². The van der Waals surface area contributed by atoms with Crippen molar-refractivity contribution in [1.29, 1.82) is 0 Å². The number of carbonyl (C=O) groups is 2. The predicted molar refractivity (Wildman–Crippen MR) is 96.5 cm³/mol. The second-order valence-electron chi connectivity index (χ2n) is 5.56. The fourth-order valence-electron chi connectivity index (χ4n) is 2.40. The molecule has 0 spiro atoms. The first-order chi connectivity index (χ1) is 11.9. The van der Waals surface area contributed by atoms with Crippen LogP contribution in [0.2, 0.25) is 0 Å². The second kappa shape index (κ2) is 7.71. The van der Waals surface area contributed by atoms with Crippen molar-refractivity contribution in [3.63, 3.8) is 0 Å². The van der Waals surface area contributed by atoms with Gasteiger partial charge in [0.2, 0.25) is 0 Å². The van der Waals surface area contributed by atoms with E-state index in [1.165, 1.54) is 23.1 Å². The molecule has 1 aliphatic heterocycles. The number of ether oxygens (including phenoxy) is 1. The van der Waals surface area contributed by atoms with Crippen LogP contribution < -0.4 is 5.32 Å². The van der Waals surface area contributed by atoms with Gasteiger partial charge in [-0.05, 0) is 18.6 Å². The molecule has 7 nitrogen and oxygen atoms in total. The lowest BCUT2D eigenvalue weighted by atomic mass is 10.2. The maximum atomic E-state index is 11.7. The van der Waals surface area contributed by atoms with E-state index in [-0.39, 0.29) is 17.3 Å². The van der Waals surface area contributed by atoms with E-state index in [2.05, 4.69) is 10.3 Å². The molecule has 2 heterocycles. The first-order valence-corrected chi connectivity index (χ1v) is 11.2. The number of fused-ring (bicyclic) bond motifs is 1. The number of sulfone groups is 1. The molecule has 1 N–H and O–H groups in total. The monoisotopic (exact) mass is 400 g/mol. The van der Waals surface area contributed by atoms with Gasteiger partial charge in [0.05, 0.1) is 27.5 Å². The molecule has 1 saturated heterocycles. The Morgan fingerprint density at radius 3 is 2.88 bits per heavy atom. The Morgan fingerprint density at radius 1 is 1.36 bits per heavy atom. The predicted octanol–water partition coefficient (Wildman–Crippen LogP) is 1.23. The van der Waals surface area contributed by atoms with Crippen LogP contribution in [0.4, 0.5) is 0 Å². The quantitative estimate of drug-likeness (QED) is 0.575. The number of amides is 1. The number of esters is 1. The molecule has 0 bridgehead atoms. The van der Waals surface area contributed by atoms with E-state index in [4.69, 9.17) is 4.74 Å². The van der Waals surface area contributed by atoms with Crippen molar-refractivity contribution in [2.45, 2.75) is 16.8 Å². The molecule has 1 atom stereocenters. The summed E-state index contributed by atoms with van der Waals surface area (Å²) in [5, 5.41) is 2.57. The number of thiazole rings is 1. The Hall–Kier alpha value is -1.65. The van der Waals surface area contributed by atoms with Gasteiger partial charge >= 0.3 is 5.97 Å². The van der Waals surface area contributed by atoms with Gasteiger partial charge < -0.3 is 10.1 Å². The molecule has 1 aromatic heterocycles. The third-order valence-corrected chi connectivity index (χ3v) is 7.47. The smallest absolute Gasteiger partial charge is 0.316 e. The zero-order chi connectivity index (χ0) is 17.9. The summed E-state index contributed by atoms with van der Waals surface area (Å²) in [7, 11) is -3.05. The maximum Gasteiger partial charge on any atom is 0.316 e. The van der Waals surface area contributed by atoms with E-state index in [1.807, 2.05) is 24.3 Å². The van der Waals surface area contributed by atoms with Crippen LogP contribution in [-0.4, -0.2) is 55.2 Å². The number of aromatic nitrogens is 1. The van der Waals surface area contributed by atoms with Crippen LogP contribution in [0.3, 0.4) is 0 Å². The third-order valence-electron chi connectivity index (χ3n) is 3.55. The average Bonchev–Trinajstić information content (AvgIpc) is 3.13.